The van der Waals surface area contributed by atoms with Gasteiger partial charge >= 0.3 is 12.1 Å². The number of esters is 1. The lowest BCUT2D eigenvalue weighted by Crippen LogP contribution is -2.45. The van der Waals surface area contributed by atoms with Crippen LogP contribution < -0.4 is 0 Å². The molecule has 1 amide bonds. The Balaban J connectivity index is 1.70. The van der Waals surface area contributed by atoms with E-state index in [-0.39, 0.29) is 18.1 Å². The molecule has 2 heterocycles. The molecule has 0 N–H and O–H groups in total. The average Bonchev–Trinajstić information content (AvgIpc) is 2.74. The van der Waals surface area contributed by atoms with Crippen molar-refractivity contribution in [2.45, 2.75) is 96.6 Å². The third-order valence-electron chi connectivity index (χ3n) is 6.35. The maximum absolute atomic E-state index is 13.0. The Morgan fingerprint density at radius 1 is 0.935 bits per heavy atom. The van der Waals surface area contributed by atoms with Crippen LogP contribution in [0.4, 0.5) is 4.79 Å². The molecule has 0 aromatic carbocycles. The zero-order chi connectivity index (χ0) is 22.9. The number of Topliss-reactive ketones (excluding diaryl/α,β-unsaturated/α-hetero) is 1. The highest BCUT2D eigenvalue weighted by Crippen LogP contribution is 2.26. The van der Waals surface area contributed by atoms with E-state index >= 15 is 0 Å². The molecule has 0 aliphatic carbocycles. The number of nitrogens with zero attached hydrogens (tertiary/aromatic N) is 2. The molecule has 0 radical (unpaired) electrons. The summed E-state index contributed by atoms with van der Waals surface area (Å²) in [7, 11) is 1.42. The number of unbranched alkanes of at least 4 members (excludes halogenated alkanes) is 1. The van der Waals surface area contributed by atoms with Crippen molar-refractivity contribution in [1.82, 2.24) is 9.80 Å². The van der Waals surface area contributed by atoms with E-state index in [0.29, 0.717) is 37.6 Å². The van der Waals surface area contributed by atoms with Crippen LogP contribution in [-0.2, 0) is 19.1 Å². The maximum atomic E-state index is 13.0. The van der Waals surface area contributed by atoms with Gasteiger partial charge in [0, 0.05) is 25.9 Å². The number of likely N-dealkylation sites (tertiary alicyclic amines) is 2. The van der Waals surface area contributed by atoms with Crippen molar-refractivity contribution < 1.29 is 23.9 Å². The molecule has 31 heavy (non-hydrogen) atoms. The first-order valence-electron chi connectivity index (χ1n) is 12.0. The molecule has 2 rings (SSSR count). The predicted octanol–water partition coefficient (Wildman–Crippen LogP) is 4.18. The summed E-state index contributed by atoms with van der Waals surface area (Å²) < 4.78 is 10.2. The Labute approximate surface area is 187 Å². The minimum Gasteiger partial charge on any atom is -0.469 e. The monoisotopic (exact) mass is 438 g/mol. The Kier molecular flexibility index (Phi) is 10.3. The van der Waals surface area contributed by atoms with E-state index in [1.807, 2.05) is 20.8 Å². The molecular formula is C24H42N2O5. The SMILES string of the molecule is COC(=O)CCCCN1CCCC[C@H]1C(=O)CCC1CCN(C(=O)OC(C)(C)C)CC1. The van der Waals surface area contributed by atoms with E-state index in [4.69, 9.17) is 9.47 Å². The normalized spacial score (nSPS) is 21.0. The molecule has 0 aromatic rings. The standard InChI is InChI=1S/C24H42N2O5/c1-24(2,3)31-23(29)26-17-13-19(14-18-26)11-12-21(27)20-9-5-7-15-25(20)16-8-6-10-22(28)30-4/h19-20H,5-18H2,1-4H3/t20-/m0/s1. The second-order valence-corrected chi connectivity index (χ2v) is 10.00. The van der Waals surface area contributed by atoms with Crippen molar-refractivity contribution in [3.63, 3.8) is 0 Å². The highest BCUT2D eigenvalue weighted by molar-refractivity contribution is 5.84. The van der Waals surface area contributed by atoms with E-state index in [2.05, 4.69) is 4.90 Å². The fraction of sp³-hybridized carbons (Fsp3) is 0.875. The number of methoxy groups -OCH3 is 1. The molecule has 1 atom stereocenters. The highest BCUT2D eigenvalue weighted by atomic mass is 16.6. The number of hydrogen-bond acceptors (Lipinski definition) is 6. The first-order valence-corrected chi connectivity index (χ1v) is 12.0. The zero-order valence-corrected chi connectivity index (χ0v) is 20.0. The van der Waals surface area contributed by atoms with Gasteiger partial charge in [0.05, 0.1) is 13.2 Å². The number of amides is 1. The summed E-state index contributed by atoms with van der Waals surface area (Å²) in [6.45, 7) is 8.93. The highest BCUT2D eigenvalue weighted by Gasteiger charge is 2.30. The van der Waals surface area contributed by atoms with E-state index < -0.39 is 5.60 Å². The summed E-state index contributed by atoms with van der Waals surface area (Å²) in [5.41, 5.74) is -0.467. The van der Waals surface area contributed by atoms with Gasteiger partial charge in [0.25, 0.3) is 0 Å². The van der Waals surface area contributed by atoms with Crippen molar-refractivity contribution in [3.8, 4) is 0 Å². The minimum atomic E-state index is -0.467. The number of carbonyl (C=O) groups is 3. The molecule has 7 heteroatoms. The first kappa shape index (κ1) is 25.6. The van der Waals surface area contributed by atoms with Gasteiger partial charge in [-0.15, -0.1) is 0 Å². The number of hydrogen-bond donors (Lipinski definition) is 0. The van der Waals surface area contributed by atoms with Crippen molar-refractivity contribution >= 4 is 17.8 Å². The molecule has 0 aromatic heterocycles. The quantitative estimate of drug-likeness (QED) is 0.397. The third-order valence-corrected chi connectivity index (χ3v) is 6.35. The Hall–Kier alpha value is -1.63. The molecule has 7 nitrogen and oxygen atoms in total. The molecule has 0 saturated carbocycles. The fourth-order valence-electron chi connectivity index (χ4n) is 4.55. The molecule has 2 saturated heterocycles. The summed E-state index contributed by atoms with van der Waals surface area (Å²) in [6.07, 6.45) is 8.57. The van der Waals surface area contributed by atoms with Crippen molar-refractivity contribution in [2.24, 2.45) is 5.92 Å². The molecule has 178 valence electrons. The van der Waals surface area contributed by atoms with Crippen LogP contribution in [0.2, 0.25) is 0 Å². The zero-order valence-electron chi connectivity index (χ0n) is 20.0. The summed E-state index contributed by atoms with van der Waals surface area (Å²) in [6, 6.07) is 0.0359. The van der Waals surface area contributed by atoms with Gasteiger partial charge in [-0.3, -0.25) is 14.5 Å². The number of carbonyl (C=O) groups excluding carboxylic acids is 3. The van der Waals surface area contributed by atoms with Crippen molar-refractivity contribution in [2.75, 3.05) is 33.3 Å². The second kappa shape index (κ2) is 12.4. The smallest absolute Gasteiger partial charge is 0.410 e. The van der Waals surface area contributed by atoms with Crippen molar-refractivity contribution in [1.29, 1.82) is 0 Å². The van der Waals surface area contributed by atoms with Crippen LogP contribution in [0.15, 0.2) is 0 Å². The van der Waals surface area contributed by atoms with E-state index in [9.17, 15) is 14.4 Å². The van der Waals surface area contributed by atoms with Crippen LogP contribution in [0, 0.1) is 5.92 Å². The topological polar surface area (TPSA) is 76.2 Å². The van der Waals surface area contributed by atoms with Gasteiger partial charge in [-0.2, -0.15) is 0 Å². The van der Waals surface area contributed by atoms with Gasteiger partial charge in [0.1, 0.15) is 11.4 Å². The third kappa shape index (κ3) is 9.17. The van der Waals surface area contributed by atoms with Crippen LogP contribution in [0.5, 0.6) is 0 Å². The van der Waals surface area contributed by atoms with Crippen LogP contribution in [0.1, 0.15) is 85.0 Å². The van der Waals surface area contributed by atoms with Gasteiger partial charge in [0.2, 0.25) is 0 Å². The largest absolute Gasteiger partial charge is 0.469 e. The lowest BCUT2D eigenvalue weighted by atomic mass is 9.88. The van der Waals surface area contributed by atoms with Gasteiger partial charge in [-0.05, 0) is 84.7 Å². The van der Waals surface area contributed by atoms with E-state index in [0.717, 1.165) is 64.5 Å². The summed E-state index contributed by atoms with van der Waals surface area (Å²) in [5.74, 6) is 0.700. The first-order chi connectivity index (χ1) is 14.7. The van der Waals surface area contributed by atoms with Crippen LogP contribution in [-0.4, -0.2) is 72.6 Å². The lowest BCUT2D eigenvalue weighted by Gasteiger charge is -2.36. The Bertz CT molecular complexity index is 593. The molecular weight excluding hydrogens is 396 g/mol. The number of ether oxygens (including phenoxy) is 2. The second-order valence-electron chi connectivity index (χ2n) is 10.00. The summed E-state index contributed by atoms with van der Waals surface area (Å²) >= 11 is 0. The Morgan fingerprint density at radius 3 is 2.29 bits per heavy atom. The molecule has 0 bridgehead atoms. The van der Waals surface area contributed by atoms with Crippen LogP contribution in [0.3, 0.4) is 0 Å². The van der Waals surface area contributed by atoms with Gasteiger partial charge in [-0.25, -0.2) is 4.79 Å². The van der Waals surface area contributed by atoms with Gasteiger partial charge < -0.3 is 14.4 Å². The average molecular weight is 439 g/mol. The number of ketones is 1. The van der Waals surface area contributed by atoms with Gasteiger partial charge in [0.15, 0.2) is 0 Å². The summed E-state index contributed by atoms with van der Waals surface area (Å²) in [5, 5.41) is 0. The fourth-order valence-corrected chi connectivity index (χ4v) is 4.55. The van der Waals surface area contributed by atoms with E-state index in [1.54, 1.807) is 4.90 Å². The predicted molar refractivity (Wildman–Crippen MR) is 120 cm³/mol. The minimum absolute atomic E-state index is 0.0359. The van der Waals surface area contributed by atoms with Crippen LogP contribution in [0.25, 0.3) is 0 Å². The maximum Gasteiger partial charge on any atom is 0.410 e. The molecule has 2 aliphatic heterocycles. The summed E-state index contributed by atoms with van der Waals surface area (Å²) in [4.78, 5) is 40.6. The number of piperidine rings is 2. The number of rotatable bonds is 9. The van der Waals surface area contributed by atoms with E-state index in [1.165, 1.54) is 7.11 Å². The van der Waals surface area contributed by atoms with Crippen molar-refractivity contribution in [3.05, 3.63) is 0 Å². The molecule has 2 fully saturated rings. The molecule has 0 spiro atoms. The lowest BCUT2D eigenvalue weighted by molar-refractivity contribution is -0.140. The molecule has 0 unspecified atom stereocenters. The van der Waals surface area contributed by atoms with Crippen LogP contribution >= 0.6 is 0 Å². The Morgan fingerprint density at radius 2 is 1.65 bits per heavy atom. The molecule has 2 aliphatic rings. The van der Waals surface area contributed by atoms with Gasteiger partial charge in [-0.1, -0.05) is 6.42 Å².